The van der Waals surface area contributed by atoms with E-state index in [1.54, 1.807) is 7.11 Å². The summed E-state index contributed by atoms with van der Waals surface area (Å²) in [6.07, 6.45) is 2.06. The molecule has 22 heavy (non-hydrogen) atoms. The molecule has 0 amide bonds. The first-order valence-corrected chi connectivity index (χ1v) is 8.15. The fourth-order valence-corrected chi connectivity index (χ4v) is 2.59. The van der Waals surface area contributed by atoms with Gasteiger partial charge in [0.1, 0.15) is 5.75 Å². The molecular formula is C17H25BO3S. The minimum atomic E-state index is -0.382. The Hall–Kier alpha value is -0.905. The standard InChI is InChI=1S/C17H25BO3S/c1-12-7-8-15(19-6)13(9-12)10-14(11-22)18-20-16(2,3)17(4,5)21-18/h7-10,22H,11H2,1-6H3. The minimum absolute atomic E-state index is 0.351. The molecule has 5 heteroatoms. The molecule has 0 unspecified atom stereocenters. The van der Waals surface area contributed by atoms with Crippen LogP contribution in [-0.2, 0) is 9.31 Å². The second-order valence-corrected chi connectivity index (χ2v) is 7.03. The Balaban J connectivity index is 2.35. The van der Waals surface area contributed by atoms with Crippen molar-refractivity contribution in [1.29, 1.82) is 0 Å². The average Bonchev–Trinajstić information content (AvgIpc) is 2.64. The lowest BCUT2D eigenvalue weighted by Gasteiger charge is -2.32. The Morgan fingerprint density at radius 2 is 1.82 bits per heavy atom. The van der Waals surface area contributed by atoms with Gasteiger partial charge in [0.25, 0.3) is 0 Å². The van der Waals surface area contributed by atoms with Crippen molar-refractivity contribution in [1.82, 2.24) is 0 Å². The van der Waals surface area contributed by atoms with E-state index in [1.165, 1.54) is 5.56 Å². The first-order valence-electron chi connectivity index (χ1n) is 7.52. The Kier molecular flexibility index (Phi) is 5.00. The molecular weight excluding hydrogens is 295 g/mol. The van der Waals surface area contributed by atoms with Crippen LogP contribution in [0.1, 0.15) is 38.8 Å². The molecule has 120 valence electrons. The molecule has 1 aliphatic heterocycles. The van der Waals surface area contributed by atoms with E-state index in [4.69, 9.17) is 14.0 Å². The van der Waals surface area contributed by atoms with Gasteiger partial charge in [0.15, 0.2) is 0 Å². The molecule has 1 aromatic rings. The molecule has 0 spiro atoms. The fourth-order valence-electron chi connectivity index (χ4n) is 2.35. The van der Waals surface area contributed by atoms with E-state index in [0.29, 0.717) is 5.75 Å². The lowest BCUT2D eigenvalue weighted by molar-refractivity contribution is 0.00578. The number of hydrogen-bond donors (Lipinski definition) is 1. The number of aryl methyl sites for hydroxylation is 1. The molecule has 0 bridgehead atoms. The zero-order valence-electron chi connectivity index (χ0n) is 14.3. The summed E-state index contributed by atoms with van der Waals surface area (Å²) in [5.74, 6) is 1.40. The molecule has 0 saturated carbocycles. The van der Waals surface area contributed by atoms with Crippen molar-refractivity contribution >= 4 is 25.8 Å². The lowest BCUT2D eigenvalue weighted by atomic mass is 9.78. The van der Waals surface area contributed by atoms with Crippen LogP contribution in [0.15, 0.2) is 23.7 Å². The SMILES string of the molecule is COc1ccc(C)cc1C=C(CS)B1OC(C)(C)C(C)(C)O1. The van der Waals surface area contributed by atoms with Crippen LogP contribution in [0.4, 0.5) is 0 Å². The quantitative estimate of drug-likeness (QED) is 0.672. The first kappa shape index (κ1) is 17.4. The van der Waals surface area contributed by atoms with E-state index < -0.39 is 0 Å². The summed E-state index contributed by atoms with van der Waals surface area (Å²) in [7, 11) is 1.30. The zero-order valence-corrected chi connectivity index (χ0v) is 15.2. The third-order valence-electron chi connectivity index (χ3n) is 4.46. The summed E-state index contributed by atoms with van der Waals surface area (Å²) in [6, 6.07) is 6.10. The minimum Gasteiger partial charge on any atom is -0.496 e. The second kappa shape index (κ2) is 6.30. The van der Waals surface area contributed by atoms with Gasteiger partial charge < -0.3 is 14.0 Å². The number of methoxy groups -OCH3 is 1. The van der Waals surface area contributed by atoms with Gasteiger partial charge in [-0.15, -0.1) is 0 Å². The molecule has 1 fully saturated rings. The van der Waals surface area contributed by atoms with Crippen molar-refractivity contribution < 1.29 is 14.0 Å². The largest absolute Gasteiger partial charge is 0.496 e. The fraction of sp³-hybridized carbons (Fsp3) is 0.529. The normalized spacial score (nSPS) is 20.3. The van der Waals surface area contributed by atoms with Crippen LogP contribution in [-0.4, -0.2) is 31.2 Å². The van der Waals surface area contributed by atoms with Gasteiger partial charge in [-0.05, 0) is 52.2 Å². The van der Waals surface area contributed by atoms with Crippen LogP contribution >= 0.6 is 12.6 Å². The van der Waals surface area contributed by atoms with Gasteiger partial charge in [-0.1, -0.05) is 17.7 Å². The van der Waals surface area contributed by atoms with Crippen molar-refractivity contribution in [3.8, 4) is 5.75 Å². The Labute approximate surface area is 139 Å². The molecule has 1 heterocycles. The number of ether oxygens (including phenoxy) is 1. The van der Waals surface area contributed by atoms with E-state index in [1.807, 2.05) is 12.1 Å². The maximum absolute atomic E-state index is 6.11. The maximum Gasteiger partial charge on any atom is 0.491 e. The summed E-state index contributed by atoms with van der Waals surface area (Å²) in [5.41, 5.74) is 2.49. The van der Waals surface area contributed by atoms with Crippen LogP contribution in [0.5, 0.6) is 5.75 Å². The topological polar surface area (TPSA) is 27.7 Å². The summed E-state index contributed by atoms with van der Waals surface area (Å²) >= 11 is 4.45. The molecule has 0 aromatic heterocycles. The summed E-state index contributed by atoms with van der Waals surface area (Å²) in [5, 5.41) is 0. The predicted octanol–water partition coefficient (Wildman–Crippen LogP) is 3.95. The highest BCUT2D eigenvalue weighted by Gasteiger charge is 2.52. The molecule has 0 atom stereocenters. The third-order valence-corrected chi connectivity index (χ3v) is 4.83. The van der Waals surface area contributed by atoms with Crippen molar-refractivity contribution in [2.24, 2.45) is 0 Å². The smallest absolute Gasteiger partial charge is 0.491 e. The van der Waals surface area contributed by atoms with E-state index in [0.717, 1.165) is 16.8 Å². The van der Waals surface area contributed by atoms with Crippen molar-refractivity contribution in [2.75, 3.05) is 12.9 Å². The first-order chi connectivity index (χ1) is 10.2. The Bertz CT molecular complexity index is 565. The van der Waals surface area contributed by atoms with Gasteiger partial charge in [0.2, 0.25) is 0 Å². The van der Waals surface area contributed by atoms with E-state index in [2.05, 4.69) is 59.4 Å². The summed E-state index contributed by atoms with van der Waals surface area (Å²) in [4.78, 5) is 0. The number of benzene rings is 1. The molecule has 1 aliphatic rings. The lowest BCUT2D eigenvalue weighted by Crippen LogP contribution is -2.41. The molecule has 1 saturated heterocycles. The second-order valence-electron chi connectivity index (χ2n) is 6.71. The summed E-state index contributed by atoms with van der Waals surface area (Å²) < 4.78 is 17.7. The Morgan fingerprint density at radius 1 is 1.23 bits per heavy atom. The van der Waals surface area contributed by atoms with Crippen LogP contribution in [0.25, 0.3) is 6.08 Å². The average molecular weight is 320 g/mol. The van der Waals surface area contributed by atoms with E-state index in [9.17, 15) is 0 Å². The number of hydrogen-bond acceptors (Lipinski definition) is 4. The molecule has 0 aliphatic carbocycles. The van der Waals surface area contributed by atoms with Gasteiger partial charge in [-0.25, -0.2) is 0 Å². The van der Waals surface area contributed by atoms with Crippen molar-refractivity contribution in [2.45, 2.75) is 45.8 Å². The van der Waals surface area contributed by atoms with Gasteiger partial charge >= 0.3 is 7.12 Å². The van der Waals surface area contributed by atoms with E-state index in [-0.39, 0.29) is 18.3 Å². The van der Waals surface area contributed by atoms with Crippen LogP contribution in [0, 0.1) is 6.92 Å². The van der Waals surface area contributed by atoms with E-state index >= 15 is 0 Å². The van der Waals surface area contributed by atoms with Crippen molar-refractivity contribution in [3.63, 3.8) is 0 Å². The number of rotatable bonds is 4. The molecule has 2 rings (SSSR count). The Morgan fingerprint density at radius 3 is 2.32 bits per heavy atom. The predicted molar refractivity (Wildman–Crippen MR) is 95.6 cm³/mol. The zero-order chi connectivity index (χ0) is 16.5. The number of thiol groups is 1. The van der Waals surface area contributed by atoms with Crippen LogP contribution in [0.2, 0.25) is 0 Å². The van der Waals surface area contributed by atoms with Crippen molar-refractivity contribution in [3.05, 3.63) is 34.8 Å². The van der Waals surface area contributed by atoms with Gasteiger partial charge in [-0.3, -0.25) is 0 Å². The van der Waals surface area contributed by atoms with Crippen LogP contribution < -0.4 is 4.74 Å². The van der Waals surface area contributed by atoms with Gasteiger partial charge in [0.05, 0.1) is 18.3 Å². The van der Waals surface area contributed by atoms with Gasteiger partial charge in [0, 0.05) is 11.3 Å². The molecule has 3 nitrogen and oxygen atoms in total. The molecule has 1 aromatic carbocycles. The van der Waals surface area contributed by atoms with Gasteiger partial charge in [-0.2, -0.15) is 12.6 Å². The van der Waals surface area contributed by atoms with Crippen LogP contribution in [0.3, 0.4) is 0 Å². The highest BCUT2D eigenvalue weighted by molar-refractivity contribution is 7.80. The third kappa shape index (κ3) is 3.37. The summed E-state index contributed by atoms with van der Waals surface area (Å²) in [6.45, 7) is 10.3. The highest BCUT2D eigenvalue weighted by atomic mass is 32.1. The molecule has 0 N–H and O–H groups in total. The monoisotopic (exact) mass is 320 g/mol. The molecule has 0 radical (unpaired) electrons. The maximum atomic E-state index is 6.11. The highest BCUT2D eigenvalue weighted by Crippen LogP contribution is 2.39.